The van der Waals surface area contributed by atoms with E-state index < -0.39 is 11.3 Å². The van der Waals surface area contributed by atoms with E-state index in [9.17, 15) is 4.79 Å². The molecular formula is C13H11ClO2. The summed E-state index contributed by atoms with van der Waals surface area (Å²) in [6.07, 6.45) is 0. The summed E-state index contributed by atoms with van der Waals surface area (Å²) in [7, 11) is 0. The fourth-order valence-corrected chi connectivity index (χ4v) is 1.82. The molecule has 1 unspecified atom stereocenters. The third-order valence-electron chi connectivity index (χ3n) is 2.53. The normalized spacial score (nSPS) is 12.6. The highest BCUT2D eigenvalue weighted by molar-refractivity contribution is 6.29. The number of carboxylic acids is 1. The van der Waals surface area contributed by atoms with E-state index in [1.165, 1.54) is 5.56 Å². The maximum absolute atomic E-state index is 10.8. The van der Waals surface area contributed by atoms with Gasteiger partial charge in [0.05, 0.1) is 0 Å². The van der Waals surface area contributed by atoms with Crippen LogP contribution in [0.4, 0.5) is 0 Å². The Hall–Kier alpha value is -1.54. The molecule has 0 amide bonds. The van der Waals surface area contributed by atoms with E-state index in [-0.39, 0.29) is 0 Å². The Morgan fingerprint density at radius 3 is 2.50 bits per heavy atom. The van der Waals surface area contributed by atoms with Crippen LogP contribution in [0.3, 0.4) is 0 Å². The van der Waals surface area contributed by atoms with Gasteiger partial charge in [-0.15, -0.1) is 11.6 Å². The quantitative estimate of drug-likeness (QED) is 0.808. The summed E-state index contributed by atoms with van der Waals surface area (Å²) in [5.41, 5.74) is 1.80. The van der Waals surface area contributed by atoms with Crippen molar-refractivity contribution in [3.8, 4) is 0 Å². The van der Waals surface area contributed by atoms with Crippen LogP contribution in [0.5, 0.6) is 0 Å². The molecule has 0 radical (unpaired) electrons. The number of alkyl halides is 1. The molecule has 2 aromatic rings. The van der Waals surface area contributed by atoms with Crippen molar-refractivity contribution in [3.05, 3.63) is 47.5 Å². The first-order chi connectivity index (χ1) is 7.58. The van der Waals surface area contributed by atoms with Gasteiger partial charge in [-0.05, 0) is 29.3 Å². The van der Waals surface area contributed by atoms with E-state index in [0.29, 0.717) is 5.56 Å². The average molecular weight is 235 g/mol. The molecular weight excluding hydrogens is 224 g/mol. The molecule has 16 heavy (non-hydrogen) atoms. The lowest BCUT2D eigenvalue weighted by molar-refractivity contribution is -0.136. The molecule has 2 rings (SSSR count). The summed E-state index contributed by atoms with van der Waals surface area (Å²) >= 11 is 5.77. The van der Waals surface area contributed by atoms with Gasteiger partial charge in [0.25, 0.3) is 0 Å². The number of carbonyl (C=O) groups is 1. The van der Waals surface area contributed by atoms with Gasteiger partial charge in [0, 0.05) is 0 Å². The zero-order chi connectivity index (χ0) is 11.7. The van der Waals surface area contributed by atoms with Crippen molar-refractivity contribution in [2.75, 3.05) is 0 Å². The van der Waals surface area contributed by atoms with Crippen molar-refractivity contribution >= 4 is 28.3 Å². The van der Waals surface area contributed by atoms with E-state index in [4.69, 9.17) is 16.7 Å². The van der Waals surface area contributed by atoms with Crippen molar-refractivity contribution in [2.24, 2.45) is 0 Å². The maximum Gasteiger partial charge on any atom is 0.326 e. The highest BCUT2D eigenvalue weighted by atomic mass is 35.5. The number of hydrogen-bond donors (Lipinski definition) is 1. The van der Waals surface area contributed by atoms with Crippen LogP contribution < -0.4 is 0 Å². The van der Waals surface area contributed by atoms with Gasteiger partial charge in [0.15, 0.2) is 5.38 Å². The van der Waals surface area contributed by atoms with Crippen molar-refractivity contribution in [2.45, 2.75) is 12.3 Å². The van der Waals surface area contributed by atoms with Crippen LogP contribution in [0.1, 0.15) is 16.5 Å². The molecule has 3 heteroatoms. The SMILES string of the molecule is Cc1ccc2cc(C(Cl)C(=O)O)ccc2c1. The first-order valence-electron chi connectivity index (χ1n) is 4.95. The van der Waals surface area contributed by atoms with Gasteiger partial charge in [0.2, 0.25) is 0 Å². The van der Waals surface area contributed by atoms with Crippen LogP contribution in [-0.2, 0) is 4.79 Å². The lowest BCUT2D eigenvalue weighted by atomic mass is 10.0. The fourth-order valence-electron chi connectivity index (χ4n) is 1.68. The van der Waals surface area contributed by atoms with Gasteiger partial charge in [-0.2, -0.15) is 0 Å². The topological polar surface area (TPSA) is 37.3 Å². The smallest absolute Gasteiger partial charge is 0.326 e. The average Bonchev–Trinajstić information content (AvgIpc) is 2.27. The van der Waals surface area contributed by atoms with Crippen LogP contribution >= 0.6 is 11.6 Å². The Morgan fingerprint density at radius 1 is 1.19 bits per heavy atom. The van der Waals surface area contributed by atoms with Crippen molar-refractivity contribution < 1.29 is 9.90 Å². The standard InChI is InChI=1S/C13H11ClO2/c1-8-2-3-10-7-11(12(14)13(15)16)5-4-9(10)6-8/h2-7,12H,1H3,(H,15,16). The second kappa shape index (κ2) is 4.14. The first kappa shape index (κ1) is 11.0. The molecule has 0 bridgehead atoms. The molecule has 0 aliphatic heterocycles. The molecule has 82 valence electrons. The van der Waals surface area contributed by atoms with Gasteiger partial charge in [-0.3, -0.25) is 4.79 Å². The monoisotopic (exact) mass is 234 g/mol. The third kappa shape index (κ3) is 2.02. The number of halogens is 1. The summed E-state index contributed by atoms with van der Waals surface area (Å²) in [5, 5.41) is 9.94. The van der Waals surface area contributed by atoms with Crippen molar-refractivity contribution in [3.63, 3.8) is 0 Å². The third-order valence-corrected chi connectivity index (χ3v) is 2.97. The van der Waals surface area contributed by atoms with Gasteiger partial charge in [-0.1, -0.05) is 35.9 Å². The van der Waals surface area contributed by atoms with E-state index in [1.54, 1.807) is 6.07 Å². The Bertz CT molecular complexity index is 549. The summed E-state index contributed by atoms with van der Waals surface area (Å²) in [4.78, 5) is 10.8. The zero-order valence-corrected chi connectivity index (χ0v) is 9.53. The minimum absolute atomic E-state index is 0.616. The molecule has 0 saturated heterocycles. The second-order valence-electron chi connectivity index (χ2n) is 3.81. The van der Waals surface area contributed by atoms with E-state index in [0.717, 1.165) is 10.8 Å². The fraction of sp³-hybridized carbons (Fsp3) is 0.154. The number of benzene rings is 2. The number of aliphatic carboxylic acids is 1. The molecule has 0 heterocycles. The second-order valence-corrected chi connectivity index (χ2v) is 4.25. The number of fused-ring (bicyclic) bond motifs is 1. The van der Waals surface area contributed by atoms with Crippen LogP contribution in [0.15, 0.2) is 36.4 Å². The minimum atomic E-state index is -1.02. The van der Waals surface area contributed by atoms with Gasteiger partial charge >= 0.3 is 5.97 Å². The van der Waals surface area contributed by atoms with Crippen molar-refractivity contribution in [1.29, 1.82) is 0 Å². The van der Waals surface area contributed by atoms with Gasteiger partial charge in [-0.25, -0.2) is 0 Å². The molecule has 0 aliphatic rings. The lowest BCUT2D eigenvalue weighted by Gasteiger charge is -2.06. The van der Waals surface area contributed by atoms with Crippen molar-refractivity contribution in [1.82, 2.24) is 0 Å². The summed E-state index contributed by atoms with van der Waals surface area (Å²) in [6.45, 7) is 2.02. The Kier molecular flexibility index (Phi) is 2.84. The number of aryl methyl sites for hydroxylation is 1. The van der Waals surface area contributed by atoms with Crippen LogP contribution in [0, 0.1) is 6.92 Å². The minimum Gasteiger partial charge on any atom is -0.480 e. The molecule has 2 aromatic carbocycles. The molecule has 0 aromatic heterocycles. The highest BCUT2D eigenvalue weighted by Crippen LogP contribution is 2.25. The molecule has 0 aliphatic carbocycles. The summed E-state index contributed by atoms with van der Waals surface area (Å²) in [5.74, 6) is -1.02. The van der Waals surface area contributed by atoms with Gasteiger partial charge < -0.3 is 5.11 Å². The molecule has 2 nitrogen and oxygen atoms in total. The van der Waals surface area contributed by atoms with E-state index in [2.05, 4.69) is 6.07 Å². The molecule has 0 spiro atoms. The van der Waals surface area contributed by atoms with E-state index in [1.807, 2.05) is 31.2 Å². The Balaban J connectivity index is 2.52. The lowest BCUT2D eigenvalue weighted by Crippen LogP contribution is -2.04. The molecule has 0 fully saturated rings. The largest absolute Gasteiger partial charge is 0.480 e. The molecule has 1 atom stereocenters. The number of carboxylic acid groups (broad SMARTS) is 1. The van der Waals surface area contributed by atoms with Crippen LogP contribution in [0.2, 0.25) is 0 Å². The zero-order valence-electron chi connectivity index (χ0n) is 8.77. The molecule has 0 saturated carbocycles. The number of hydrogen-bond acceptors (Lipinski definition) is 1. The summed E-state index contributed by atoms with van der Waals surface area (Å²) < 4.78 is 0. The van der Waals surface area contributed by atoms with E-state index >= 15 is 0 Å². The Labute approximate surface area is 98.5 Å². The predicted octanol–water partition coefficient (Wildman–Crippen LogP) is 3.51. The highest BCUT2D eigenvalue weighted by Gasteiger charge is 2.16. The van der Waals surface area contributed by atoms with Crippen LogP contribution in [-0.4, -0.2) is 11.1 Å². The number of rotatable bonds is 2. The summed E-state index contributed by atoms with van der Waals surface area (Å²) in [6, 6.07) is 11.5. The first-order valence-corrected chi connectivity index (χ1v) is 5.39. The maximum atomic E-state index is 10.8. The Morgan fingerprint density at radius 2 is 1.81 bits per heavy atom. The van der Waals surface area contributed by atoms with Gasteiger partial charge in [0.1, 0.15) is 0 Å². The van der Waals surface area contributed by atoms with Crippen LogP contribution in [0.25, 0.3) is 10.8 Å². The molecule has 1 N–H and O–H groups in total. The predicted molar refractivity (Wildman–Crippen MR) is 64.9 cm³/mol.